The van der Waals surface area contributed by atoms with Crippen molar-refractivity contribution in [3.63, 3.8) is 0 Å². The molecule has 0 bridgehead atoms. The molecule has 7 nitrogen and oxygen atoms in total. The molecule has 1 aliphatic heterocycles. The number of aromatic nitrogens is 2. The SMILES string of the molecule is C[C@H](Sc1ncnc2sccc12)C(=O)NCCN1C(=O)CSC1=O. The number of rotatable bonds is 6. The minimum Gasteiger partial charge on any atom is -0.353 e. The first kappa shape index (κ1) is 17.2. The lowest BCUT2D eigenvalue weighted by atomic mass is 10.4. The summed E-state index contributed by atoms with van der Waals surface area (Å²) >= 11 is 3.88. The third-order valence-corrected chi connectivity index (χ3v) is 6.15. The highest BCUT2D eigenvalue weighted by atomic mass is 32.2. The number of thioether (sulfide) groups is 2. The van der Waals surface area contributed by atoms with Crippen LogP contribution in [0.4, 0.5) is 4.79 Å². The van der Waals surface area contributed by atoms with Crippen LogP contribution in [-0.2, 0) is 9.59 Å². The van der Waals surface area contributed by atoms with E-state index in [9.17, 15) is 14.4 Å². The largest absolute Gasteiger partial charge is 0.353 e. The van der Waals surface area contributed by atoms with E-state index in [0.717, 1.165) is 27.0 Å². The van der Waals surface area contributed by atoms with E-state index in [-0.39, 0.29) is 41.1 Å². The van der Waals surface area contributed by atoms with Crippen LogP contribution in [0.5, 0.6) is 0 Å². The number of hydrogen-bond donors (Lipinski definition) is 1. The fraction of sp³-hybridized carbons (Fsp3) is 0.357. The number of fused-ring (bicyclic) bond motifs is 1. The molecule has 2 aromatic heterocycles. The number of amides is 3. The molecule has 0 spiro atoms. The highest BCUT2D eigenvalue weighted by Crippen LogP contribution is 2.30. The molecule has 1 aliphatic rings. The molecule has 0 saturated carbocycles. The van der Waals surface area contributed by atoms with Crippen LogP contribution in [0.1, 0.15) is 6.92 Å². The maximum Gasteiger partial charge on any atom is 0.288 e. The van der Waals surface area contributed by atoms with Crippen molar-refractivity contribution in [1.82, 2.24) is 20.2 Å². The predicted octanol–water partition coefficient (Wildman–Crippen LogP) is 1.98. The predicted molar refractivity (Wildman–Crippen MR) is 95.3 cm³/mol. The molecule has 2 aromatic rings. The van der Waals surface area contributed by atoms with E-state index in [1.54, 1.807) is 6.92 Å². The van der Waals surface area contributed by atoms with E-state index in [1.165, 1.54) is 34.3 Å². The van der Waals surface area contributed by atoms with Crippen LogP contribution in [0, 0.1) is 0 Å². The summed E-state index contributed by atoms with van der Waals surface area (Å²) in [5, 5.41) is 5.81. The topological polar surface area (TPSA) is 92.3 Å². The molecule has 3 rings (SSSR count). The molecule has 126 valence electrons. The lowest BCUT2D eigenvalue weighted by molar-refractivity contribution is -0.125. The van der Waals surface area contributed by atoms with Crippen molar-refractivity contribution in [2.24, 2.45) is 0 Å². The van der Waals surface area contributed by atoms with Crippen LogP contribution in [0.3, 0.4) is 0 Å². The third kappa shape index (κ3) is 3.70. The van der Waals surface area contributed by atoms with Gasteiger partial charge in [0.2, 0.25) is 11.8 Å². The average molecular weight is 382 g/mol. The van der Waals surface area contributed by atoms with E-state index in [2.05, 4.69) is 15.3 Å². The Morgan fingerprint density at radius 2 is 2.29 bits per heavy atom. The summed E-state index contributed by atoms with van der Waals surface area (Å²) in [5.74, 6) is -0.181. The maximum atomic E-state index is 12.2. The second-order valence-electron chi connectivity index (χ2n) is 4.97. The molecular weight excluding hydrogens is 368 g/mol. The minimum atomic E-state index is -0.345. The number of hydrogen-bond acceptors (Lipinski definition) is 8. The van der Waals surface area contributed by atoms with Crippen LogP contribution in [0.15, 0.2) is 22.8 Å². The van der Waals surface area contributed by atoms with Gasteiger partial charge in [-0.05, 0) is 18.4 Å². The van der Waals surface area contributed by atoms with E-state index >= 15 is 0 Å². The Morgan fingerprint density at radius 1 is 1.46 bits per heavy atom. The van der Waals surface area contributed by atoms with Gasteiger partial charge in [0.05, 0.1) is 11.0 Å². The lowest BCUT2D eigenvalue weighted by Crippen LogP contribution is -2.39. The Kier molecular flexibility index (Phi) is 5.36. The summed E-state index contributed by atoms with van der Waals surface area (Å²) in [4.78, 5) is 45.6. The zero-order valence-corrected chi connectivity index (χ0v) is 15.2. The highest BCUT2D eigenvalue weighted by molar-refractivity contribution is 8.14. The standard InChI is InChI=1S/C14H14N4O3S3/c1-8(24-13-9-2-5-22-12(9)16-7-17-13)11(20)15-3-4-18-10(19)6-23-14(18)21/h2,5,7-8H,3-4,6H2,1H3,(H,15,20)/t8-/m0/s1. The average Bonchev–Trinajstić information content (AvgIpc) is 3.16. The van der Waals surface area contributed by atoms with E-state index in [1.807, 2.05) is 11.4 Å². The monoisotopic (exact) mass is 382 g/mol. The molecule has 1 N–H and O–H groups in total. The molecule has 10 heteroatoms. The highest BCUT2D eigenvalue weighted by Gasteiger charge is 2.29. The maximum absolute atomic E-state index is 12.2. The molecule has 1 fully saturated rings. The Bertz CT molecular complexity index is 778. The lowest BCUT2D eigenvalue weighted by Gasteiger charge is -2.15. The smallest absolute Gasteiger partial charge is 0.288 e. The van der Waals surface area contributed by atoms with Crippen molar-refractivity contribution >= 4 is 62.1 Å². The first-order chi connectivity index (χ1) is 11.6. The Morgan fingerprint density at radius 3 is 3.04 bits per heavy atom. The van der Waals surface area contributed by atoms with Gasteiger partial charge in [0.15, 0.2) is 0 Å². The molecular formula is C14H14N4O3S3. The molecule has 24 heavy (non-hydrogen) atoms. The van der Waals surface area contributed by atoms with Crippen LogP contribution >= 0.6 is 34.9 Å². The first-order valence-corrected chi connectivity index (χ1v) is 9.90. The third-order valence-electron chi connectivity index (χ3n) is 3.36. The molecule has 0 aliphatic carbocycles. The molecule has 0 unspecified atom stereocenters. The van der Waals surface area contributed by atoms with Crippen molar-refractivity contribution in [3.05, 3.63) is 17.8 Å². The number of imide groups is 1. The van der Waals surface area contributed by atoms with Gasteiger partial charge in [-0.1, -0.05) is 23.5 Å². The number of nitrogens with zero attached hydrogens (tertiary/aromatic N) is 3. The van der Waals surface area contributed by atoms with Crippen LogP contribution < -0.4 is 5.32 Å². The van der Waals surface area contributed by atoms with Crippen molar-refractivity contribution in [3.8, 4) is 0 Å². The van der Waals surface area contributed by atoms with Crippen molar-refractivity contribution in [2.75, 3.05) is 18.8 Å². The molecule has 0 aromatic carbocycles. The fourth-order valence-corrected chi connectivity index (χ4v) is 4.59. The number of nitrogens with one attached hydrogen (secondary N) is 1. The van der Waals surface area contributed by atoms with Gasteiger partial charge < -0.3 is 5.32 Å². The minimum absolute atomic E-state index is 0.159. The number of carbonyl (C=O) groups excluding carboxylic acids is 3. The van der Waals surface area contributed by atoms with Gasteiger partial charge in [-0.25, -0.2) is 9.97 Å². The number of carbonyl (C=O) groups is 3. The first-order valence-electron chi connectivity index (χ1n) is 7.16. The van der Waals surface area contributed by atoms with Crippen molar-refractivity contribution in [2.45, 2.75) is 17.2 Å². The van der Waals surface area contributed by atoms with Gasteiger partial charge >= 0.3 is 0 Å². The summed E-state index contributed by atoms with van der Waals surface area (Å²) in [5.41, 5.74) is 0. The Hall–Kier alpha value is -1.65. The van der Waals surface area contributed by atoms with Crippen molar-refractivity contribution < 1.29 is 14.4 Å². The summed E-state index contributed by atoms with van der Waals surface area (Å²) < 4.78 is 0. The van der Waals surface area contributed by atoms with Gasteiger partial charge in [0.25, 0.3) is 5.24 Å². The fourth-order valence-electron chi connectivity index (χ4n) is 2.11. The van der Waals surface area contributed by atoms with Gasteiger partial charge in [-0.2, -0.15) is 0 Å². The summed E-state index contributed by atoms with van der Waals surface area (Å²) in [7, 11) is 0. The molecule has 1 atom stereocenters. The van der Waals surface area contributed by atoms with Gasteiger partial charge in [-0.3, -0.25) is 19.3 Å². The second-order valence-corrected chi connectivity index (χ2v) is 8.12. The molecule has 3 heterocycles. The van der Waals surface area contributed by atoms with Crippen LogP contribution in [-0.4, -0.2) is 56.0 Å². The van der Waals surface area contributed by atoms with Crippen molar-refractivity contribution in [1.29, 1.82) is 0 Å². The van der Waals surface area contributed by atoms with Gasteiger partial charge in [0, 0.05) is 18.5 Å². The quantitative estimate of drug-likeness (QED) is 0.603. The molecule has 1 saturated heterocycles. The van der Waals surface area contributed by atoms with Crippen LogP contribution in [0.25, 0.3) is 10.2 Å². The number of thiophene rings is 1. The normalized spacial score (nSPS) is 16.0. The van der Waals surface area contributed by atoms with Crippen LogP contribution in [0.2, 0.25) is 0 Å². The van der Waals surface area contributed by atoms with E-state index in [4.69, 9.17) is 0 Å². The summed E-state index contributed by atoms with van der Waals surface area (Å²) in [6.45, 7) is 2.25. The van der Waals surface area contributed by atoms with Gasteiger partial charge in [0.1, 0.15) is 16.2 Å². The van der Waals surface area contributed by atoms with Gasteiger partial charge in [-0.15, -0.1) is 11.3 Å². The molecule has 0 radical (unpaired) electrons. The molecule has 3 amide bonds. The zero-order valence-electron chi connectivity index (χ0n) is 12.7. The Balaban J connectivity index is 1.52. The van der Waals surface area contributed by atoms with E-state index < -0.39 is 0 Å². The van der Waals surface area contributed by atoms with E-state index in [0.29, 0.717) is 0 Å². The summed E-state index contributed by atoms with van der Waals surface area (Å²) in [6.07, 6.45) is 1.49. The summed E-state index contributed by atoms with van der Waals surface area (Å²) in [6, 6.07) is 1.94. The second kappa shape index (κ2) is 7.49. The zero-order chi connectivity index (χ0) is 17.1. The Labute approximate surface area is 150 Å².